The monoisotopic (exact) mass is 355 g/mol. The fraction of sp³-hybridized carbons (Fsp3) is 0.381. The summed E-state index contributed by atoms with van der Waals surface area (Å²) in [5, 5.41) is 11.2. The van der Waals surface area contributed by atoms with Crippen molar-refractivity contribution in [2.24, 2.45) is 0 Å². The first kappa shape index (κ1) is 18.3. The van der Waals surface area contributed by atoms with E-state index >= 15 is 0 Å². The van der Waals surface area contributed by atoms with Gasteiger partial charge >= 0.3 is 6.09 Å². The Balaban J connectivity index is 1.78. The first-order valence-electron chi connectivity index (χ1n) is 8.85. The van der Waals surface area contributed by atoms with Crippen LogP contribution in [0.5, 0.6) is 5.75 Å². The van der Waals surface area contributed by atoms with Crippen LogP contribution in [0.1, 0.15) is 29.5 Å². The van der Waals surface area contributed by atoms with Gasteiger partial charge in [0.15, 0.2) is 0 Å². The molecule has 0 aromatic heterocycles. The number of amides is 1. The largest absolute Gasteiger partial charge is 0.489 e. The quantitative estimate of drug-likeness (QED) is 0.910. The second-order valence-electron chi connectivity index (χ2n) is 6.76. The topological polar surface area (TPSA) is 59.0 Å². The lowest BCUT2D eigenvalue weighted by Crippen LogP contribution is -2.45. The molecule has 26 heavy (non-hydrogen) atoms. The summed E-state index contributed by atoms with van der Waals surface area (Å²) in [5.74, 6) is 0.697. The van der Waals surface area contributed by atoms with Gasteiger partial charge in [-0.2, -0.15) is 0 Å². The summed E-state index contributed by atoms with van der Waals surface area (Å²) in [6.07, 6.45) is 0.552. The first-order valence-corrected chi connectivity index (χ1v) is 8.85. The molecule has 1 N–H and O–H groups in total. The van der Waals surface area contributed by atoms with Gasteiger partial charge in [0.25, 0.3) is 0 Å². The minimum atomic E-state index is -1.01. The Morgan fingerprint density at radius 1 is 1.15 bits per heavy atom. The van der Waals surface area contributed by atoms with E-state index < -0.39 is 5.60 Å². The number of likely N-dealkylation sites (tertiary alicyclic amines) is 1. The number of ether oxygens (including phenoxy) is 2. The fourth-order valence-corrected chi connectivity index (χ4v) is 3.33. The third-order valence-corrected chi connectivity index (χ3v) is 4.90. The van der Waals surface area contributed by atoms with Gasteiger partial charge in [0.1, 0.15) is 12.4 Å². The van der Waals surface area contributed by atoms with Crippen molar-refractivity contribution in [3.63, 3.8) is 0 Å². The van der Waals surface area contributed by atoms with Crippen molar-refractivity contribution in [3.05, 3.63) is 65.2 Å². The average Bonchev–Trinajstić information content (AvgIpc) is 2.67. The molecule has 0 saturated carbocycles. The zero-order valence-corrected chi connectivity index (χ0v) is 15.3. The second kappa shape index (κ2) is 7.79. The van der Waals surface area contributed by atoms with Crippen molar-refractivity contribution in [1.29, 1.82) is 0 Å². The minimum Gasteiger partial charge on any atom is -0.489 e. The van der Waals surface area contributed by atoms with Crippen molar-refractivity contribution in [2.45, 2.75) is 32.0 Å². The molecule has 0 spiro atoms. The van der Waals surface area contributed by atoms with Gasteiger partial charge in [-0.1, -0.05) is 42.5 Å². The van der Waals surface area contributed by atoms with E-state index in [1.165, 1.54) is 7.11 Å². The number of piperidine rings is 1. The number of hydrogen-bond donors (Lipinski definition) is 1. The zero-order valence-electron chi connectivity index (χ0n) is 15.3. The second-order valence-corrected chi connectivity index (χ2v) is 6.76. The molecule has 5 nitrogen and oxygen atoms in total. The molecule has 0 atom stereocenters. The maximum atomic E-state index is 11.7. The number of rotatable bonds is 4. The highest BCUT2D eigenvalue weighted by atomic mass is 16.5. The van der Waals surface area contributed by atoms with Crippen LogP contribution in [-0.2, 0) is 16.9 Å². The molecule has 1 fully saturated rings. The molecule has 2 aromatic rings. The lowest BCUT2D eigenvalue weighted by atomic mass is 9.83. The van der Waals surface area contributed by atoms with Gasteiger partial charge in [0, 0.05) is 18.7 Å². The highest BCUT2D eigenvalue weighted by molar-refractivity contribution is 5.67. The van der Waals surface area contributed by atoms with E-state index in [0.29, 0.717) is 38.3 Å². The molecule has 1 amide bonds. The Morgan fingerprint density at radius 2 is 1.85 bits per heavy atom. The molecule has 0 bridgehead atoms. The van der Waals surface area contributed by atoms with Crippen LogP contribution in [0.25, 0.3) is 0 Å². The highest BCUT2D eigenvalue weighted by Gasteiger charge is 2.37. The van der Waals surface area contributed by atoms with Crippen molar-refractivity contribution in [1.82, 2.24) is 4.90 Å². The SMILES string of the molecule is COC(=O)N1CCC(O)(c2ccc(C)cc2OCc2ccccc2)CC1. The van der Waals surface area contributed by atoms with Crippen LogP contribution < -0.4 is 4.74 Å². The van der Waals surface area contributed by atoms with Gasteiger partial charge in [0.05, 0.1) is 12.7 Å². The lowest BCUT2D eigenvalue weighted by molar-refractivity contribution is -0.0250. The number of aliphatic hydroxyl groups is 1. The Hall–Kier alpha value is -2.53. The van der Waals surface area contributed by atoms with Gasteiger partial charge in [-0.3, -0.25) is 0 Å². The Bertz CT molecular complexity index is 752. The molecule has 0 unspecified atom stereocenters. The molecule has 5 heteroatoms. The Labute approximate surface area is 154 Å². The van der Waals surface area contributed by atoms with Crippen LogP contribution in [0.3, 0.4) is 0 Å². The van der Waals surface area contributed by atoms with Crippen LogP contribution >= 0.6 is 0 Å². The maximum Gasteiger partial charge on any atom is 0.409 e. The van der Waals surface area contributed by atoms with Crippen molar-refractivity contribution >= 4 is 6.09 Å². The molecule has 138 valence electrons. The number of carbonyl (C=O) groups excluding carboxylic acids is 1. The van der Waals surface area contributed by atoms with Crippen LogP contribution in [0, 0.1) is 6.92 Å². The molecule has 0 aliphatic carbocycles. The van der Waals surface area contributed by atoms with Crippen molar-refractivity contribution in [2.75, 3.05) is 20.2 Å². The summed E-state index contributed by atoms with van der Waals surface area (Å²) in [5.41, 5.74) is 1.92. The molecule has 0 radical (unpaired) electrons. The van der Waals surface area contributed by atoms with E-state index in [1.54, 1.807) is 4.90 Å². The minimum absolute atomic E-state index is 0.350. The zero-order chi connectivity index (χ0) is 18.6. The molecule has 2 aromatic carbocycles. The highest BCUT2D eigenvalue weighted by Crippen LogP contribution is 2.39. The van der Waals surface area contributed by atoms with Crippen molar-refractivity contribution < 1.29 is 19.4 Å². The summed E-state index contributed by atoms with van der Waals surface area (Å²) in [4.78, 5) is 13.3. The molecule has 3 rings (SSSR count). The first-order chi connectivity index (χ1) is 12.5. The summed E-state index contributed by atoms with van der Waals surface area (Å²) in [6, 6.07) is 15.8. The van der Waals surface area contributed by atoms with Gasteiger partial charge < -0.3 is 19.5 Å². The Morgan fingerprint density at radius 3 is 2.50 bits per heavy atom. The summed E-state index contributed by atoms with van der Waals surface area (Å²) in [7, 11) is 1.37. The van der Waals surface area contributed by atoms with E-state index in [-0.39, 0.29) is 6.09 Å². The average molecular weight is 355 g/mol. The van der Waals surface area contributed by atoms with Gasteiger partial charge in [0.2, 0.25) is 0 Å². The van der Waals surface area contributed by atoms with Crippen LogP contribution in [0.2, 0.25) is 0 Å². The van der Waals surface area contributed by atoms with E-state index in [1.807, 2.05) is 55.5 Å². The number of aryl methyl sites for hydroxylation is 1. The Kier molecular flexibility index (Phi) is 5.47. The predicted octanol–water partition coefficient (Wildman–Crippen LogP) is 3.62. The number of nitrogens with zero attached hydrogens (tertiary/aromatic N) is 1. The van der Waals surface area contributed by atoms with Crippen LogP contribution in [0.15, 0.2) is 48.5 Å². The molecule has 1 heterocycles. The number of hydrogen-bond acceptors (Lipinski definition) is 4. The van der Waals surface area contributed by atoms with Gasteiger partial charge in [-0.15, -0.1) is 0 Å². The molecule has 1 aliphatic rings. The molecule has 1 saturated heterocycles. The normalized spacial score (nSPS) is 16.2. The third-order valence-electron chi connectivity index (χ3n) is 4.90. The standard InChI is InChI=1S/C21H25NO4/c1-16-8-9-18(19(14-16)26-15-17-6-4-3-5-7-17)21(24)10-12-22(13-11-21)20(23)25-2/h3-9,14,24H,10-13,15H2,1-2H3. The van der Waals surface area contributed by atoms with Crippen molar-refractivity contribution in [3.8, 4) is 5.75 Å². The predicted molar refractivity (Wildman–Crippen MR) is 99.1 cm³/mol. The maximum absolute atomic E-state index is 11.7. The van der Waals surface area contributed by atoms with E-state index in [4.69, 9.17) is 9.47 Å². The van der Waals surface area contributed by atoms with E-state index in [9.17, 15) is 9.90 Å². The molecule has 1 aliphatic heterocycles. The fourth-order valence-electron chi connectivity index (χ4n) is 3.33. The van der Waals surface area contributed by atoms with E-state index in [0.717, 1.165) is 16.7 Å². The number of benzene rings is 2. The van der Waals surface area contributed by atoms with Crippen LogP contribution in [-0.4, -0.2) is 36.3 Å². The van der Waals surface area contributed by atoms with Crippen LogP contribution in [0.4, 0.5) is 4.79 Å². The lowest BCUT2D eigenvalue weighted by Gasteiger charge is -2.38. The van der Waals surface area contributed by atoms with Gasteiger partial charge in [-0.05, 0) is 37.0 Å². The third kappa shape index (κ3) is 3.99. The smallest absolute Gasteiger partial charge is 0.409 e. The van der Waals surface area contributed by atoms with E-state index in [2.05, 4.69) is 0 Å². The molecular weight excluding hydrogens is 330 g/mol. The molecular formula is C21H25NO4. The van der Waals surface area contributed by atoms with Gasteiger partial charge in [-0.25, -0.2) is 4.79 Å². The number of carbonyl (C=O) groups is 1. The summed E-state index contributed by atoms with van der Waals surface area (Å²) < 4.78 is 10.8. The summed E-state index contributed by atoms with van der Waals surface area (Å²) in [6.45, 7) is 3.36. The summed E-state index contributed by atoms with van der Waals surface area (Å²) >= 11 is 0. The number of methoxy groups -OCH3 is 1.